The van der Waals surface area contributed by atoms with Crippen LogP contribution >= 0.6 is 0 Å². The molecule has 1 N–H and O–H groups in total. The molecule has 1 aliphatic heterocycles. The zero-order chi connectivity index (χ0) is 17.9. The van der Waals surface area contributed by atoms with E-state index < -0.39 is 10.0 Å². The van der Waals surface area contributed by atoms with Crippen LogP contribution in [0.2, 0.25) is 0 Å². The van der Waals surface area contributed by atoms with Gasteiger partial charge in [0.05, 0.1) is 12.4 Å². The molecule has 0 amide bonds. The van der Waals surface area contributed by atoms with Crippen molar-refractivity contribution in [3.05, 3.63) is 42.6 Å². The molecule has 0 spiro atoms. The lowest BCUT2D eigenvalue weighted by atomic mass is 9.88. The molecule has 2 aromatic heterocycles. The van der Waals surface area contributed by atoms with E-state index in [9.17, 15) is 8.42 Å². The molecule has 2 aromatic rings. The van der Waals surface area contributed by atoms with Gasteiger partial charge in [0, 0.05) is 37.8 Å². The molecule has 136 valence electrons. The molecule has 25 heavy (non-hydrogen) atoms. The molecule has 1 atom stereocenters. The van der Waals surface area contributed by atoms with Gasteiger partial charge in [0.25, 0.3) is 10.0 Å². The van der Waals surface area contributed by atoms with E-state index in [4.69, 9.17) is 4.74 Å². The molecule has 3 rings (SSSR count). The van der Waals surface area contributed by atoms with Gasteiger partial charge >= 0.3 is 0 Å². The summed E-state index contributed by atoms with van der Waals surface area (Å²) in [4.78, 5) is 8.22. The number of hydrogen-bond acceptors (Lipinski definition) is 5. The molecule has 1 saturated heterocycles. The number of ether oxygens (including phenoxy) is 1. The van der Waals surface area contributed by atoms with E-state index in [1.807, 2.05) is 26.0 Å². The molecule has 0 bridgehead atoms. The molecule has 1 unspecified atom stereocenters. The summed E-state index contributed by atoms with van der Waals surface area (Å²) in [6.45, 7) is 5.24. The number of hydrogen-bond donors (Lipinski definition) is 1. The second-order valence-electron chi connectivity index (χ2n) is 6.59. The SMILES string of the molecule is CC(C)n1cnc(S(=O)(=O)NC(c2cccnc2)C2CCOCC2)c1. The standard InChI is InChI=1S/C17H24N4O3S/c1-13(2)21-11-16(19-12-21)25(22,23)20-17(14-5-8-24-9-6-14)15-4-3-7-18-10-15/h3-4,7,10-14,17,20H,5-6,8-9H2,1-2H3. The van der Waals surface area contributed by atoms with Crippen LogP contribution in [0.3, 0.4) is 0 Å². The zero-order valence-corrected chi connectivity index (χ0v) is 15.3. The molecular formula is C17H24N4O3S. The van der Waals surface area contributed by atoms with Gasteiger partial charge in [-0.25, -0.2) is 18.1 Å². The number of imidazole rings is 1. The maximum Gasteiger partial charge on any atom is 0.260 e. The predicted molar refractivity (Wildman–Crippen MR) is 93.5 cm³/mol. The van der Waals surface area contributed by atoms with E-state index in [0.29, 0.717) is 13.2 Å². The number of sulfonamides is 1. The molecule has 0 aliphatic carbocycles. The second kappa shape index (κ2) is 7.63. The maximum absolute atomic E-state index is 12.9. The summed E-state index contributed by atoms with van der Waals surface area (Å²) in [5.41, 5.74) is 0.862. The highest BCUT2D eigenvalue weighted by Crippen LogP contribution is 2.31. The van der Waals surface area contributed by atoms with Gasteiger partial charge in [-0.2, -0.15) is 0 Å². The molecule has 0 aromatic carbocycles. The molecule has 1 aliphatic rings. The van der Waals surface area contributed by atoms with Gasteiger partial charge < -0.3 is 9.30 Å². The maximum atomic E-state index is 12.9. The summed E-state index contributed by atoms with van der Waals surface area (Å²) in [6, 6.07) is 3.54. The fourth-order valence-electron chi connectivity index (χ4n) is 3.01. The topological polar surface area (TPSA) is 86.1 Å². The van der Waals surface area contributed by atoms with Gasteiger partial charge in [0.2, 0.25) is 0 Å². The van der Waals surface area contributed by atoms with E-state index in [1.54, 1.807) is 29.5 Å². The lowest BCUT2D eigenvalue weighted by Crippen LogP contribution is -2.36. The Balaban J connectivity index is 1.88. The smallest absolute Gasteiger partial charge is 0.260 e. The normalized spacial score (nSPS) is 17.7. The molecular weight excluding hydrogens is 340 g/mol. The van der Waals surface area contributed by atoms with E-state index in [0.717, 1.165) is 18.4 Å². The highest BCUT2D eigenvalue weighted by molar-refractivity contribution is 7.89. The van der Waals surface area contributed by atoms with Crippen molar-refractivity contribution in [1.82, 2.24) is 19.3 Å². The molecule has 1 fully saturated rings. The van der Waals surface area contributed by atoms with Gasteiger partial charge in [0.15, 0.2) is 5.03 Å². The molecule has 7 nitrogen and oxygen atoms in total. The summed E-state index contributed by atoms with van der Waals surface area (Å²) in [6.07, 6.45) is 8.13. The van der Waals surface area contributed by atoms with E-state index in [2.05, 4.69) is 14.7 Å². The van der Waals surface area contributed by atoms with Gasteiger partial charge in [-0.3, -0.25) is 4.98 Å². The largest absolute Gasteiger partial charge is 0.381 e. The fourth-order valence-corrected chi connectivity index (χ4v) is 4.24. The molecule has 3 heterocycles. The van der Waals surface area contributed by atoms with Crippen molar-refractivity contribution in [3.63, 3.8) is 0 Å². The Bertz CT molecular complexity index is 783. The summed E-state index contributed by atoms with van der Waals surface area (Å²) < 4.78 is 35.8. The molecule has 0 radical (unpaired) electrons. The Labute approximate surface area is 148 Å². The highest BCUT2D eigenvalue weighted by Gasteiger charge is 2.31. The first-order valence-corrected chi connectivity index (χ1v) is 9.99. The number of nitrogens with one attached hydrogen (secondary N) is 1. The first-order valence-electron chi connectivity index (χ1n) is 8.51. The lowest BCUT2D eigenvalue weighted by Gasteiger charge is -2.30. The average Bonchev–Trinajstić information content (AvgIpc) is 3.13. The number of aromatic nitrogens is 3. The van der Waals surface area contributed by atoms with Crippen LogP contribution in [0.25, 0.3) is 0 Å². The van der Waals surface area contributed by atoms with E-state index >= 15 is 0 Å². The lowest BCUT2D eigenvalue weighted by molar-refractivity contribution is 0.0564. The van der Waals surface area contributed by atoms with Crippen molar-refractivity contribution in [1.29, 1.82) is 0 Å². The first-order chi connectivity index (χ1) is 12.0. The predicted octanol–water partition coefficient (Wildman–Crippen LogP) is 2.31. The van der Waals surface area contributed by atoms with Crippen molar-refractivity contribution in [2.75, 3.05) is 13.2 Å². The van der Waals surface area contributed by atoms with Gasteiger partial charge in [0.1, 0.15) is 0 Å². The summed E-state index contributed by atoms with van der Waals surface area (Å²) in [7, 11) is -3.72. The fraction of sp³-hybridized carbons (Fsp3) is 0.529. The highest BCUT2D eigenvalue weighted by atomic mass is 32.2. The third-order valence-electron chi connectivity index (χ3n) is 4.51. The second-order valence-corrected chi connectivity index (χ2v) is 8.25. The number of rotatable bonds is 6. The number of pyridine rings is 1. The van der Waals surface area contributed by atoms with Crippen molar-refractivity contribution in [2.45, 2.75) is 43.8 Å². The number of nitrogens with zero attached hydrogens (tertiary/aromatic N) is 3. The van der Waals surface area contributed by atoms with Crippen LogP contribution in [0.5, 0.6) is 0 Å². The van der Waals surface area contributed by atoms with Crippen molar-refractivity contribution < 1.29 is 13.2 Å². The quantitative estimate of drug-likeness (QED) is 0.850. The van der Waals surface area contributed by atoms with Crippen LogP contribution in [0.15, 0.2) is 42.1 Å². The Morgan fingerprint density at radius 2 is 2.08 bits per heavy atom. The molecule has 8 heteroatoms. The minimum atomic E-state index is -3.72. The zero-order valence-electron chi connectivity index (χ0n) is 14.5. The third-order valence-corrected chi connectivity index (χ3v) is 5.84. The van der Waals surface area contributed by atoms with E-state index in [-0.39, 0.29) is 23.0 Å². The Morgan fingerprint density at radius 1 is 1.32 bits per heavy atom. The third kappa shape index (κ3) is 4.26. The Hall–Kier alpha value is -1.77. The van der Waals surface area contributed by atoms with Crippen LogP contribution in [0, 0.1) is 5.92 Å². The molecule has 0 saturated carbocycles. The minimum absolute atomic E-state index is 0.0437. The average molecular weight is 364 g/mol. The van der Waals surface area contributed by atoms with Gasteiger partial charge in [-0.05, 0) is 44.2 Å². The Kier molecular flexibility index (Phi) is 5.51. The minimum Gasteiger partial charge on any atom is -0.381 e. The van der Waals surface area contributed by atoms with E-state index in [1.165, 1.54) is 0 Å². The van der Waals surface area contributed by atoms with Gasteiger partial charge in [-0.1, -0.05) is 6.07 Å². The summed E-state index contributed by atoms with van der Waals surface area (Å²) in [5, 5.41) is 0.0437. The van der Waals surface area contributed by atoms with Crippen LogP contribution < -0.4 is 4.72 Å². The monoisotopic (exact) mass is 364 g/mol. The van der Waals surface area contributed by atoms with Crippen molar-refractivity contribution >= 4 is 10.0 Å². The van der Waals surface area contributed by atoms with Crippen molar-refractivity contribution in [3.8, 4) is 0 Å². The van der Waals surface area contributed by atoms with Crippen LogP contribution in [-0.2, 0) is 14.8 Å². The van der Waals surface area contributed by atoms with Crippen LogP contribution in [0.1, 0.15) is 44.3 Å². The van der Waals surface area contributed by atoms with Crippen LogP contribution in [0.4, 0.5) is 0 Å². The first kappa shape index (κ1) is 18.0. The van der Waals surface area contributed by atoms with Gasteiger partial charge in [-0.15, -0.1) is 0 Å². The van der Waals surface area contributed by atoms with Crippen molar-refractivity contribution in [2.24, 2.45) is 5.92 Å². The summed E-state index contributed by atoms with van der Waals surface area (Å²) in [5.74, 6) is 0.167. The summed E-state index contributed by atoms with van der Waals surface area (Å²) >= 11 is 0. The van der Waals surface area contributed by atoms with Crippen LogP contribution in [-0.4, -0.2) is 36.2 Å². The Morgan fingerprint density at radius 3 is 2.68 bits per heavy atom.